The predicted molar refractivity (Wildman–Crippen MR) is 77.5 cm³/mol. The van der Waals surface area contributed by atoms with Crippen molar-refractivity contribution in [3.8, 4) is 0 Å². The third kappa shape index (κ3) is 3.19. The second kappa shape index (κ2) is 6.37. The van der Waals surface area contributed by atoms with Gasteiger partial charge in [0.25, 0.3) is 0 Å². The summed E-state index contributed by atoms with van der Waals surface area (Å²) in [5.41, 5.74) is 0.299. The summed E-state index contributed by atoms with van der Waals surface area (Å²) in [6.45, 7) is 7.47. The minimum absolute atomic E-state index is 0.0197. The predicted octanol–water partition coefficient (Wildman–Crippen LogP) is 2.50. The number of sulfonamides is 1. The highest BCUT2D eigenvalue weighted by Gasteiger charge is 2.28. The van der Waals surface area contributed by atoms with Gasteiger partial charge in [0.15, 0.2) is 0 Å². The van der Waals surface area contributed by atoms with Gasteiger partial charge in [-0.2, -0.15) is 4.31 Å². The summed E-state index contributed by atoms with van der Waals surface area (Å²) in [7, 11) is -3.68. The van der Waals surface area contributed by atoms with Crippen LogP contribution in [0.3, 0.4) is 0 Å². The van der Waals surface area contributed by atoms with Crippen molar-refractivity contribution in [1.29, 1.82) is 0 Å². The number of benzene rings is 1. The quantitative estimate of drug-likeness (QED) is 0.875. The van der Waals surface area contributed by atoms with E-state index in [-0.39, 0.29) is 22.1 Å². The second-order valence-corrected chi connectivity index (χ2v) is 6.80. The molecular formula is C14H21NO4S. The van der Waals surface area contributed by atoms with Crippen molar-refractivity contribution in [2.75, 3.05) is 6.54 Å². The monoisotopic (exact) mass is 299 g/mol. The highest BCUT2D eigenvalue weighted by Crippen LogP contribution is 2.24. The Morgan fingerprint density at radius 3 is 2.40 bits per heavy atom. The molecule has 0 fully saturated rings. The van der Waals surface area contributed by atoms with E-state index in [9.17, 15) is 13.2 Å². The van der Waals surface area contributed by atoms with Crippen LogP contribution in [0, 0.1) is 6.92 Å². The van der Waals surface area contributed by atoms with E-state index in [1.54, 1.807) is 0 Å². The third-order valence-corrected chi connectivity index (χ3v) is 5.34. The first-order chi connectivity index (χ1) is 9.23. The first-order valence-electron chi connectivity index (χ1n) is 6.58. The molecule has 0 amide bonds. The maximum atomic E-state index is 12.7. The number of aromatic carboxylic acids is 1. The van der Waals surface area contributed by atoms with Crippen LogP contribution in [0.4, 0.5) is 0 Å². The van der Waals surface area contributed by atoms with Crippen molar-refractivity contribution in [3.63, 3.8) is 0 Å². The lowest BCUT2D eigenvalue weighted by molar-refractivity contribution is 0.0696. The lowest BCUT2D eigenvalue weighted by atomic mass is 10.1. The van der Waals surface area contributed by atoms with E-state index in [0.29, 0.717) is 13.0 Å². The molecule has 6 heteroatoms. The Morgan fingerprint density at radius 2 is 1.95 bits per heavy atom. The van der Waals surface area contributed by atoms with Crippen molar-refractivity contribution in [2.45, 2.75) is 45.1 Å². The molecule has 5 nitrogen and oxygen atoms in total. The van der Waals surface area contributed by atoms with Crippen LogP contribution in [0.1, 0.15) is 43.1 Å². The summed E-state index contributed by atoms with van der Waals surface area (Å²) < 4.78 is 26.8. The van der Waals surface area contributed by atoms with Crippen molar-refractivity contribution in [3.05, 3.63) is 29.3 Å². The molecule has 0 aliphatic heterocycles. The van der Waals surface area contributed by atoms with Gasteiger partial charge >= 0.3 is 5.97 Å². The zero-order valence-corrected chi connectivity index (χ0v) is 13.1. The summed E-state index contributed by atoms with van der Waals surface area (Å²) in [4.78, 5) is 11.2. The molecule has 1 N–H and O–H groups in total. The van der Waals surface area contributed by atoms with Gasteiger partial charge in [0.1, 0.15) is 0 Å². The van der Waals surface area contributed by atoms with Crippen LogP contribution in [-0.4, -0.2) is 36.4 Å². The van der Waals surface area contributed by atoms with E-state index in [2.05, 4.69) is 0 Å². The maximum absolute atomic E-state index is 12.7. The molecule has 1 aromatic rings. The molecule has 20 heavy (non-hydrogen) atoms. The fraction of sp³-hybridized carbons (Fsp3) is 0.500. The largest absolute Gasteiger partial charge is 0.478 e. The molecule has 0 heterocycles. The number of rotatable bonds is 6. The summed E-state index contributed by atoms with van der Waals surface area (Å²) in [6, 6.07) is 4.17. The molecule has 0 atom stereocenters. The van der Waals surface area contributed by atoms with Crippen LogP contribution >= 0.6 is 0 Å². The molecule has 0 aliphatic rings. The number of carbonyl (C=O) groups is 1. The van der Waals surface area contributed by atoms with Crippen LogP contribution in [-0.2, 0) is 10.0 Å². The average molecular weight is 299 g/mol. The van der Waals surface area contributed by atoms with Crippen LogP contribution < -0.4 is 0 Å². The number of carboxylic acids is 1. The standard InChI is InChI=1S/C14H21NO4S/c1-5-9-15(10(2)3)20(18,19)13-8-6-7-12(11(13)4)14(16)17/h6-8,10H,5,9H2,1-4H3,(H,16,17). The van der Waals surface area contributed by atoms with E-state index >= 15 is 0 Å². The zero-order valence-electron chi connectivity index (χ0n) is 12.3. The molecule has 0 aliphatic carbocycles. The van der Waals surface area contributed by atoms with E-state index in [1.807, 2.05) is 20.8 Å². The van der Waals surface area contributed by atoms with Crippen LogP contribution in [0.5, 0.6) is 0 Å². The van der Waals surface area contributed by atoms with Crippen molar-refractivity contribution in [1.82, 2.24) is 4.31 Å². The Bertz CT molecular complexity index is 593. The van der Waals surface area contributed by atoms with E-state index < -0.39 is 16.0 Å². The fourth-order valence-electron chi connectivity index (χ4n) is 2.13. The van der Waals surface area contributed by atoms with E-state index in [0.717, 1.165) is 0 Å². The molecular weight excluding hydrogens is 278 g/mol. The SMILES string of the molecule is CCCN(C(C)C)S(=O)(=O)c1cccc(C(=O)O)c1C. The van der Waals surface area contributed by atoms with Crippen molar-refractivity contribution < 1.29 is 18.3 Å². The van der Waals surface area contributed by atoms with Crippen LogP contribution in [0.2, 0.25) is 0 Å². The zero-order chi connectivity index (χ0) is 15.5. The molecule has 1 rings (SSSR count). The Morgan fingerprint density at radius 1 is 1.35 bits per heavy atom. The fourth-order valence-corrected chi connectivity index (χ4v) is 4.11. The molecule has 0 saturated carbocycles. The van der Waals surface area contributed by atoms with Gasteiger partial charge in [-0.05, 0) is 44.9 Å². The van der Waals surface area contributed by atoms with Gasteiger partial charge < -0.3 is 5.11 Å². The smallest absolute Gasteiger partial charge is 0.335 e. The number of carboxylic acid groups (broad SMARTS) is 1. The molecule has 112 valence electrons. The van der Waals surface area contributed by atoms with Crippen LogP contribution in [0.25, 0.3) is 0 Å². The first kappa shape index (κ1) is 16.7. The normalized spacial score (nSPS) is 12.1. The topological polar surface area (TPSA) is 74.7 Å². The molecule has 0 bridgehead atoms. The van der Waals surface area contributed by atoms with E-state index in [1.165, 1.54) is 29.4 Å². The van der Waals surface area contributed by atoms with Gasteiger partial charge in [-0.25, -0.2) is 13.2 Å². The Labute approximate surface area is 120 Å². The number of hydrogen-bond acceptors (Lipinski definition) is 3. The Balaban J connectivity index is 3.42. The third-order valence-electron chi connectivity index (χ3n) is 3.12. The van der Waals surface area contributed by atoms with Gasteiger partial charge in [-0.3, -0.25) is 0 Å². The summed E-state index contributed by atoms with van der Waals surface area (Å²) in [6.07, 6.45) is 0.703. The number of nitrogens with zero attached hydrogens (tertiary/aromatic N) is 1. The van der Waals surface area contributed by atoms with Gasteiger partial charge in [0.2, 0.25) is 10.0 Å². The molecule has 0 unspecified atom stereocenters. The maximum Gasteiger partial charge on any atom is 0.335 e. The average Bonchev–Trinajstić information content (AvgIpc) is 2.34. The first-order valence-corrected chi connectivity index (χ1v) is 8.02. The Kier molecular flexibility index (Phi) is 5.30. The highest BCUT2D eigenvalue weighted by atomic mass is 32.2. The van der Waals surface area contributed by atoms with Crippen LogP contribution in [0.15, 0.2) is 23.1 Å². The number of hydrogen-bond donors (Lipinski definition) is 1. The summed E-state index contributed by atoms with van der Waals surface area (Å²) >= 11 is 0. The van der Waals surface area contributed by atoms with Gasteiger partial charge in [0.05, 0.1) is 10.5 Å². The lowest BCUT2D eigenvalue weighted by Gasteiger charge is -2.26. The van der Waals surface area contributed by atoms with E-state index in [4.69, 9.17) is 5.11 Å². The molecule has 0 aromatic heterocycles. The summed E-state index contributed by atoms with van der Waals surface area (Å²) in [5, 5.41) is 9.10. The minimum Gasteiger partial charge on any atom is -0.478 e. The summed E-state index contributed by atoms with van der Waals surface area (Å²) in [5.74, 6) is -1.12. The lowest BCUT2D eigenvalue weighted by Crippen LogP contribution is -2.38. The second-order valence-electron chi connectivity index (χ2n) is 4.94. The molecule has 0 saturated heterocycles. The molecule has 0 radical (unpaired) electrons. The van der Waals surface area contributed by atoms with Gasteiger partial charge in [-0.15, -0.1) is 0 Å². The van der Waals surface area contributed by atoms with Crippen molar-refractivity contribution >= 4 is 16.0 Å². The highest BCUT2D eigenvalue weighted by molar-refractivity contribution is 7.89. The molecule has 0 spiro atoms. The minimum atomic E-state index is -3.68. The van der Waals surface area contributed by atoms with Gasteiger partial charge in [0, 0.05) is 12.6 Å². The molecule has 1 aromatic carbocycles. The van der Waals surface area contributed by atoms with Crippen molar-refractivity contribution in [2.24, 2.45) is 0 Å². The Hall–Kier alpha value is -1.40. The van der Waals surface area contributed by atoms with Gasteiger partial charge in [-0.1, -0.05) is 13.0 Å².